The average molecular weight is 237 g/mol. The predicted molar refractivity (Wildman–Crippen MR) is 67.7 cm³/mol. The molecule has 94 valence electrons. The second-order valence-electron chi connectivity index (χ2n) is 3.68. The average Bonchev–Trinajstić information content (AvgIpc) is 2.35. The van der Waals surface area contributed by atoms with Crippen molar-refractivity contribution < 1.29 is 9.84 Å². The summed E-state index contributed by atoms with van der Waals surface area (Å²) in [6, 6.07) is 9.83. The van der Waals surface area contributed by atoms with Crippen molar-refractivity contribution in [2.45, 2.75) is 12.6 Å². The highest BCUT2D eigenvalue weighted by Gasteiger charge is 2.02. The molecule has 0 radical (unpaired) electrons. The topological polar surface area (TPSA) is 79.9 Å². The summed E-state index contributed by atoms with van der Waals surface area (Å²) < 4.78 is 4.79. The van der Waals surface area contributed by atoms with Gasteiger partial charge in [-0.2, -0.15) is 0 Å². The van der Waals surface area contributed by atoms with E-state index in [9.17, 15) is 5.11 Å². The second-order valence-corrected chi connectivity index (χ2v) is 3.68. The van der Waals surface area contributed by atoms with Crippen LogP contribution in [-0.4, -0.2) is 37.4 Å². The highest BCUT2D eigenvalue weighted by atomic mass is 16.5. The summed E-state index contributed by atoms with van der Waals surface area (Å²) in [7, 11) is 1.54. The van der Waals surface area contributed by atoms with Gasteiger partial charge in [-0.05, 0) is 5.56 Å². The zero-order chi connectivity index (χ0) is 12.5. The SMILES string of the molecule is COCC(O)CNC(N)=NCc1ccccc1. The molecule has 0 spiro atoms. The summed E-state index contributed by atoms with van der Waals surface area (Å²) in [6.45, 7) is 1.14. The van der Waals surface area contributed by atoms with E-state index >= 15 is 0 Å². The highest BCUT2D eigenvalue weighted by Crippen LogP contribution is 1.99. The summed E-state index contributed by atoms with van der Waals surface area (Å²) in [5, 5.41) is 12.2. The summed E-state index contributed by atoms with van der Waals surface area (Å²) in [6.07, 6.45) is -0.578. The molecule has 17 heavy (non-hydrogen) atoms. The third-order valence-electron chi connectivity index (χ3n) is 2.15. The Morgan fingerprint density at radius 1 is 1.47 bits per heavy atom. The van der Waals surface area contributed by atoms with Crippen molar-refractivity contribution in [3.63, 3.8) is 0 Å². The molecular formula is C12H19N3O2. The van der Waals surface area contributed by atoms with E-state index in [1.165, 1.54) is 7.11 Å². The molecule has 1 unspecified atom stereocenters. The molecule has 0 bridgehead atoms. The zero-order valence-electron chi connectivity index (χ0n) is 9.97. The number of hydrogen-bond donors (Lipinski definition) is 3. The zero-order valence-corrected chi connectivity index (χ0v) is 9.97. The fourth-order valence-electron chi connectivity index (χ4n) is 1.29. The lowest BCUT2D eigenvalue weighted by molar-refractivity contribution is 0.0674. The molecule has 0 saturated carbocycles. The van der Waals surface area contributed by atoms with Crippen molar-refractivity contribution in [1.29, 1.82) is 0 Å². The van der Waals surface area contributed by atoms with E-state index in [2.05, 4.69) is 10.3 Å². The van der Waals surface area contributed by atoms with Crippen molar-refractivity contribution in [1.82, 2.24) is 5.32 Å². The van der Waals surface area contributed by atoms with Crippen molar-refractivity contribution in [3.8, 4) is 0 Å². The number of benzene rings is 1. The molecule has 0 amide bonds. The molecule has 0 aliphatic rings. The Labute approximate surface area is 101 Å². The van der Waals surface area contributed by atoms with E-state index in [0.29, 0.717) is 19.0 Å². The molecule has 1 rings (SSSR count). The first-order valence-corrected chi connectivity index (χ1v) is 5.47. The molecular weight excluding hydrogens is 218 g/mol. The lowest BCUT2D eigenvalue weighted by Crippen LogP contribution is -2.38. The highest BCUT2D eigenvalue weighted by molar-refractivity contribution is 5.77. The molecule has 1 atom stereocenters. The number of methoxy groups -OCH3 is 1. The standard InChI is InChI=1S/C12H19N3O2/c1-17-9-11(16)8-15-12(13)14-7-10-5-3-2-4-6-10/h2-6,11,16H,7-9H2,1H3,(H3,13,14,15). The van der Waals surface area contributed by atoms with Gasteiger partial charge in [-0.15, -0.1) is 0 Å². The molecule has 5 heteroatoms. The molecule has 1 aromatic rings. The molecule has 0 saturated heterocycles. The van der Waals surface area contributed by atoms with Gasteiger partial charge in [0, 0.05) is 13.7 Å². The van der Waals surface area contributed by atoms with Gasteiger partial charge in [0.1, 0.15) is 0 Å². The third kappa shape index (κ3) is 5.89. The number of nitrogens with two attached hydrogens (primary N) is 1. The molecule has 4 N–H and O–H groups in total. The van der Waals surface area contributed by atoms with E-state index in [-0.39, 0.29) is 6.61 Å². The first kappa shape index (κ1) is 13.5. The minimum Gasteiger partial charge on any atom is -0.389 e. The number of guanidine groups is 1. The first-order valence-electron chi connectivity index (χ1n) is 5.47. The van der Waals surface area contributed by atoms with Crippen LogP contribution in [0.25, 0.3) is 0 Å². The number of nitrogens with one attached hydrogen (secondary N) is 1. The van der Waals surface area contributed by atoms with Crippen LogP contribution in [0.4, 0.5) is 0 Å². The van der Waals surface area contributed by atoms with Gasteiger partial charge in [0.05, 0.1) is 19.3 Å². The minimum atomic E-state index is -0.578. The maximum absolute atomic E-state index is 9.39. The normalized spacial score (nSPS) is 13.4. The number of nitrogens with zero attached hydrogens (tertiary/aromatic N) is 1. The Morgan fingerprint density at radius 3 is 2.82 bits per heavy atom. The Morgan fingerprint density at radius 2 is 2.18 bits per heavy atom. The summed E-state index contributed by atoms with van der Waals surface area (Å²) >= 11 is 0. The van der Waals surface area contributed by atoms with Crippen LogP contribution >= 0.6 is 0 Å². The Kier molecular flexibility index (Phi) is 6.06. The van der Waals surface area contributed by atoms with Gasteiger partial charge in [0.25, 0.3) is 0 Å². The molecule has 0 aliphatic carbocycles. The molecule has 0 aliphatic heterocycles. The summed E-state index contributed by atoms with van der Waals surface area (Å²) in [5.74, 6) is 0.323. The van der Waals surface area contributed by atoms with Gasteiger partial charge in [0.2, 0.25) is 0 Å². The number of ether oxygens (including phenoxy) is 1. The van der Waals surface area contributed by atoms with Crippen LogP contribution in [0.1, 0.15) is 5.56 Å². The summed E-state index contributed by atoms with van der Waals surface area (Å²) in [4.78, 5) is 4.16. The number of hydrogen-bond acceptors (Lipinski definition) is 3. The van der Waals surface area contributed by atoms with E-state index in [0.717, 1.165) is 5.56 Å². The van der Waals surface area contributed by atoms with Crippen LogP contribution in [0.5, 0.6) is 0 Å². The quantitative estimate of drug-likeness (QED) is 0.484. The van der Waals surface area contributed by atoms with Crippen LogP contribution in [-0.2, 0) is 11.3 Å². The fourth-order valence-corrected chi connectivity index (χ4v) is 1.29. The lowest BCUT2D eigenvalue weighted by Gasteiger charge is -2.10. The Hall–Kier alpha value is -1.59. The molecule has 5 nitrogen and oxygen atoms in total. The van der Waals surface area contributed by atoms with E-state index < -0.39 is 6.10 Å². The second kappa shape index (κ2) is 7.65. The monoisotopic (exact) mass is 237 g/mol. The minimum absolute atomic E-state index is 0.277. The smallest absolute Gasteiger partial charge is 0.189 e. The van der Waals surface area contributed by atoms with Crippen molar-refractivity contribution in [2.24, 2.45) is 10.7 Å². The van der Waals surface area contributed by atoms with E-state index in [1.807, 2.05) is 30.3 Å². The molecule has 0 fully saturated rings. The van der Waals surface area contributed by atoms with Crippen molar-refractivity contribution in [3.05, 3.63) is 35.9 Å². The largest absolute Gasteiger partial charge is 0.389 e. The van der Waals surface area contributed by atoms with Gasteiger partial charge in [0.15, 0.2) is 5.96 Å². The van der Waals surface area contributed by atoms with Gasteiger partial charge in [-0.3, -0.25) is 0 Å². The number of rotatable bonds is 6. The molecule has 1 aromatic carbocycles. The van der Waals surface area contributed by atoms with E-state index in [1.54, 1.807) is 0 Å². The summed E-state index contributed by atoms with van der Waals surface area (Å²) in [5.41, 5.74) is 6.75. The third-order valence-corrected chi connectivity index (χ3v) is 2.15. The fraction of sp³-hybridized carbons (Fsp3) is 0.417. The van der Waals surface area contributed by atoms with Crippen LogP contribution in [0.3, 0.4) is 0 Å². The first-order chi connectivity index (χ1) is 8.22. The van der Waals surface area contributed by atoms with Crippen LogP contribution < -0.4 is 11.1 Å². The number of aliphatic imine (C=N–C) groups is 1. The maximum atomic E-state index is 9.39. The molecule has 0 aromatic heterocycles. The van der Waals surface area contributed by atoms with Crippen molar-refractivity contribution in [2.75, 3.05) is 20.3 Å². The van der Waals surface area contributed by atoms with Crippen LogP contribution in [0.15, 0.2) is 35.3 Å². The van der Waals surface area contributed by atoms with Crippen molar-refractivity contribution >= 4 is 5.96 Å². The number of aliphatic hydroxyl groups is 1. The van der Waals surface area contributed by atoms with E-state index in [4.69, 9.17) is 10.5 Å². The van der Waals surface area contributed by atoms with Gasteiger partial charge in [-0.1, -0.05) is 30.3 Å². The number of aliphatic hydroxyl groups excluding tert-OH is 1. The predicted octanol–water partition coefficient (Wildman–Crippen LogP) is 0.0982. The van der Waals surface area contributed by atoms with Gasteiger partial charge >= 0.3 is 0 Å². The Balaban J connectivity index is 2.30. The Bertz CT molecular complexity index is 341. The molecule has 0 heterocycles. The van der Waals surface area contributed by atoms with Gasteiger partial charge < -0.3 is 20.9 Å². The van der Waals surface area contributed by atoms with Crippen LogP contribution in [0.2, 0.25) is 0 Å². The van der Waals surface area contributed by atoms with Crippen LogP contribution in [0, 0.1) is 0 Å². The van der Waals surface area contributed by atoms with Gasteiger partial charge in [-0.25, -0.2) is 4.99 Å². The lowest BCUT2D eigenvalue weighted by atomic mass is 10.2. The maximum Gasteiger partial charge on any atom is 0.189 e.